The zero-order chi connectivity index (χ0) is 12.4. The highest BCUT2D eigenvalue weighted by atomic mass is 16.3. The molecule has 0 aromatic heterocycles. The first-order chi connectivity index (χ1) is 8.13. The molecule has 0 radical (unpaired) electrons. The number of aromatic hydroxyl groups is 2. The van der Waals surface area contributed by atoms with E-state index < -0.39 is 0 Å². The average molecular weight is 234 g/mol. The topological polar surface area (TPSA) is 40.5 Å². The first-order valence-corrected chi connectivity index (χ1v) is 6.68. The Balaban J connectivity index is 2.12. The van der Waals surface area contributed by atoms with Crippen molar-refractivity contribution in [3.8, 4) is 11.5 Å². The normalized spacial score (nSPS) is 22.7. The number of phenolic OH excluding ortho intramolecular Hbond substituents is 2. The Bertz CT molecular complexity index is 398. The largest absolute Gasteiger partial charge is 0.508 e. The molecule has 17 heavy (non-hydrogen) atoms. The van der Waals surface area contributed by atoms with Crippen molar-refractivity contribution < 1.29 is 10.2 Å². The van der Waals surface area contributed by atoms with E-state index in [1.807, 2.05) is 6.07 Å². The minimum atomic E-state index is 0.183. The van der Waals surface area contributed by atoms with E-state index >= 15 is 0 Å². The fourth-order valence-electron chi connectivity index (χ4n) is 2.99. The maximum absolute atomic E-state index is 9.86. The Morgan fingerprint density at radius 1 is 1.24 bits per heavy atom. The monoisotopic (exact) mass is 234 g/mol. The van der Waals surface area contributed by atoms with Gasteiger partial charge in [-0.2, -0.15) is 0 Å². The molecule has 1 aromatic carbocycles. The van der Waals surface area contributed by atoms with Crippen LogP contribution in [0.1, 0.15) is 56.6 Å². The van der Waals surface area contributed by atoms with E-state index in [1.165, 1.54) is 31.7 Å². The number of hydrogen-bond donors (Lipinski definition) is 2. The first kappa shape index (κ1) is 12.3. The molecule has 1 aliphatic carbocycles. The fraction of sp³-hybridized carbons (Fsp3) is 0.600. The molecule has 0 saturated carbocycles. The molecule has 0 spiro atoms. The minimum Gasteiger partial charge on any atom is -0.508 e. The first-order valence-electron chi connectivity index (χ1n) is 6.68. The second-order valence-corrected chi connectivity index (χ2v) is 5.28. The molecule has 1 aliphatic rings. The van der Waals surface area contributed by atoms with Crippen LogP contribution in [-0.4, -0.2) is 10.2 Å². The molecule has 2 nitrogen and oxygen atoms in total. The van der Waals surface area contributed by atoms with Crippen LogP contribution in [0.3, 0.4) is 0 Å². The van der Waals surface area contributed by atoms with Crippen molar-refractivity contribution in [2.24, 2.45) is 5.92 Å². The Hall–Kier alpha value is -1.18. The van der Waals surface area contributed by atoms with Gasteiger partial charge in [-0.3, -0.25) is 0 Å². The van der Waals surface area contributed by atoms with Gasteiger partial charge < -0.3 is 10.2 Å². The van der Waals surface area contributed by atoms with Gasteiger partial charge in [0.25, 0.3) is 0 Å². The van der Waals surface area contributed by atoms with Gasteiger partial charge in [0, 0.05) is 6.07 Å². The van der Waals surface area contributed by atoms with E-state index in [4.69, 9.17) is 0 Å². The van der Waals surface area contributed by atoms with E-state index in [0.29, 0.717) is 11.8 Å². The molecule has 0 unspecified atom stereocenters. The Morgan fingerprint density at radius 3 is 2.71 bits per heavy atom. The lowest BCUT2D eigenvalue weighted by Crippen LogP contribution is -2.04. The summed E-state index contributed by atoms with van der Waals surface area (Å²) in [6.07, 6.45) is 6.00. The summed E-state index contributed by atoms with van der Waals surface area (Å²) in [6.45, 7) is 4.43. The molecule has 94 valence electrons. The SMILES string of the molecule is CCCCC[C@H]1Cc2c(O)cc(O)cc2[C@@H]1C. The Morgan fingerprint density at radius 2 is 2.00 bits per heavy atom. The average Bonchev–Trinajstić information content (AvgIpc) is 2.58. The molecule has 0 heterocycles. The molecule has 2 rings (SSSR count). The highest BCUT2D eigenvalue weighted by molar-refractivity contribution is 5.49. The van der Waals surface area contributed by atoms with Crippen LogP contribution in [0.4, 0.5) is 0 Å². The van der Waals surface area contributed by atoms with Crippen LogP contribution in [0.25, 0.3) is 0 Å². The number of hydrogen-bond acceptors (Lipinski definition) is 2. The third-order valence-electron chi connectivity index (χ3n) is 4.09. The van der Waals surface area contributed by atoms with Crippen molar-refractivity contribution in [1.82, 2.24) is 0 Å². The molecule has 0 bridgehead atoms. The molecule has 2 atom stereocenters. The lowest BCUT2D eigenvalue weighted by atomic mass is 9.90. The molecular formula is C15H22O2. The molecule has 1 aromatic rings. The maximum Gasteiger partial charge on any atom is 0.122 e. The Labute approximate surface area is 103 Å². The van der Waals surface area contributed by atoms with Gasteiger partial charge in [0.15, 0.2) is 0 Å². The molecule has 0 fully saturated rings. The summed E-state index contributed by atoms with van der Waals surface area (Å²) < 4.78 is 0. The molecule has 0 amide bonds. The third-order valence-corrected chi connectivity index (χ3v) is 4.09. The molecule has 2 N–H and O–H groups in total. The quantitative estimate of drug-likeness (QED) is 0.774. The van der Waals surface area contributed by atoms with Crippen molar-refractivity contribution in [2.45, 2.75) is 51.9 Å². The lowest BCUT2D eigenvalue weighted by molar-refractivity contribution is 0.420. The number of fused-ring (bicyclic) bond motifs is 1. The predicted molar refractivity (Wildman–Crippen MR) is 69.5 cm³/mol. The van der Waals surface area contributed by atoms with Crippen molar-refractivity contribution >= 4 is 0 Å². The van der Waals surface area contributed by atoms with Gasteiger partial charge in [-0.05, 0) is 41.9 Å². The third kappa shape index (κ3) is 2.41. The maximum atomic E-state index is 9.86. The van der Waals surface area contributed by atoms with Gasteiger partial charge in [0.1, 0.15) is 11.5 Å². The number of unbranched alkanes of at least 4 members (excludes halogenated alkanes) is 2. The van der Waals surface area contributed by atoms with Gasteiger partial charge in [-0.25, -0.2) is 0 Å². The van der Waals surface area contributed by atoms with E-state index in [9.17, 15) is 10.2 Å². The van der Waals surface area contributed by atoms with Crippen LogP contribution in [-0.2, 0) is 6.42 Å². The van der Waals surface area contributed by atoms with Crippen molar-refractivity contribution in [3.05, 3.63) is 23.3 Å². The van der Waals surface area contributed by atoms with Crippen LogP contribution in [0, 0.1) is 5.92 Å². The van der Waals surface area contributed by atoms with Crippen LogP contribution in [0.5, 0.6) is 11.5 Å². The minimum absolute atomic E-state index is 0.183. The highest BCUT2D eigenvalue weighted by Gasteiger charge is 2.31. The molecule has 0 aliphatic heterocycles. The lowest BCUT2D eigenvalue weighted by Gasteiger charge is -2.15. The Kier molecular flexibility index (Phi) is 3.60. The highest BCUT2D eigenvalue weighted by Crippen LogP contribution is 2.45. The number of rotatable bonds is 4. The number of phenols is 2. The summed E-state index contributed by atoms with van der Waals surface area (Å²) in [6, 6.07) is 3.28. The molecule has 0 saturated heterocycles. The van der Waals surface area contributed by atoms with Gasteiger partial charge >= 0.3 is 0 Å². The van der Waals surface area contributed by atoms with Gasteiger partial charge in [-0.15, -0.1) is 0 Å². The smallest absolute Gasteiger partial charge is 0.122 e. The second-order valence-electron chi connectivity index (χ2n) is 5.28. The van der Waals surface area contributed by atoms with Crippen molar-refractivity contribution in [1.29, 1.82) is 0 Å². The van der Waals surface area contributed by atoms with E-state index in [2.05, 4.69) is 13.8 Å². The molecule has 2 heteroatoms. The summed E-state index contributed by atoms with van der Waals surface area (Å²) >= 11 is 0. The summed E-state index contributed by atoms with van der Waals surface area (Å²) in [5.74, 6) is 1.54. The van der Waals surface area contributed by atoms with Gasteiger partial charge in [-0.1, -0.05) is 33.1 Å². The fourth-order valence-corrected chi connectivity index (χ4v) is 2.99. The number of benzene rings is 1. The van der Waals surface area contributed by atoms with Crippen molar-refractivity contribution in [2.75, 3.05) is 0 Å². The van der Waals surface area contributed by atoms with Crippen LogP contribution in [0.2, 0.25) is 0 Å². The summed E-state index contributed by atoms with van der Waals surface area (Å²) in [5, 5.41) is 19.4. The molecular weight excluding hydrogens is 212 g/mol. The zero-order valence-corrected chi connectivity index (χ0v) is 10.7. The predicted octanol–water partition coefficient (Wildman–Crippen LogP) is 3.95. The van der Waals surface area contributed by atoms with Crippen LogP contribution in [0.15, 0.2) is 12.1 Å². The van der Waals surface area contributed by atoms with Crippen LogP contribution >= 0.6 is 0 Å². The summed E-state index contributed by atoms with van der Waals surface area (Å²) in [5.41, 5.74) is 2.20. The van der Waals surface area contributed by atoms with E-state index in [-0.39, 0.29) is 11.5 Å². The van der Waals surface area contributed by atoms with E-state index in [1.54, 1.807) is 0 Å². The zero-order valence-electron chi connectivity index (χ0n) is 10.7. The van der Waals surface area contributed by atoms with Crippen molar-refractivity contribution in [3.63, 3.8) is 0 Å². The summed E-state index contributed by atoms with van der Waals surface area (Å²) in [4.78, 5) is 0. The van der Waals surface area contributed by atoms with E-state index in [0.717, 1.165) is 17.5 Å². The van der Waals surface area contributed by atoms with Crippen LogP contribution < -0.4 is 0 Å². The summed E-state index contributed by atoms with van der Waals surface area (Å²) in [7, 11) is 0. The van der Waals surface area contributed by atoms with Gasteiger partial charge in [0.05, 0.1) is 0 Å². The van der Waals surface area contributed by atoms with Gasteiger partial charge in [0.2, 0.25) is 0 Å². The second kappa shape index (κ2) is 4.99. The standard InChI is InChI=1S/C15H22O2/c1-3-4-5-6-11-7-14-13(10(11)2)8-12(16)9-15(14)17/h8-11,16-17H,3-7H2,1-2H3/t10-,11+/m1/s1.